The van der Waals surface area contributed by atoms with E-state index in [0.717, 1.165) is 13.2 Å². The number of nitrogens with zero attached hydrogens (tertiary/aromatic N) is 1. The zero-order valence-corrected chi connectivity index (χ0v) is 11.0. The van der Waals surface area contributed by atoms with Gasteiger partial charge in [-0.15, -0.1) is 0 Å². The van der Waals surface area contributed by atoms with E-state index in [1.807, 2.05) is 0 Å². The van der Waals surface area contributed by atoms with Gasteiger partial charge in [-0.1, -0.05) is 13.8 Å². The molecule has 1 saturated heterocycles. The van der Waals surface area contributed by atoms with Gasteiger partial charge in [-0.3, -0.25) is 0 Å². The lowest BCUT2D eigenvalue weighted by molar-refractivity contribution is 0.0779. The first-order valence-corrected chi connectivity index (χ1v) is 6.90. The number of unbranched alkanes of at least 4 members (excludes halogenated alkanes) is 1. The Balaban J connectivity index is 1.90. The van der Waals surface area contributed by atoms with Gasteiger partial charge in [-0.25, -0.2) is 0 Å². The molecule has 1 aliphatic rings. The summed E-state index contributed by atoms with van der Waals surface area (Å²) in [7, 11) is 0. The molecular formula is C13H28N2O. The Hall–Kier alpha value is -0.120. The Morgan fingerprint density at radius 1 is 1.12 bits per heavy atom. The smallest absolute Gasteiger partial charge is 0.0480 e. The first-order valence-electron chi connectivity index (χ1n) is 6.90. The third-order valence-corrected chi connectivity index (χ3v) is 3.45. The van der Waals surface area contributed by atoms with Crippen molar-refractivity contribution in [3.8, 4) is 0 Å². The van der Waals surface area contributed by atoms with E-state index >= 15 is 0 Å². The summed E-state index contributed by atoms with van der Waals surface area (Å²) in [6.07, 6.45) is 5.00. The predicted octanol–water partition coefficient (Wildman–Crippen LogP) is 1.88. The van der Waals surface area contributed by atoms with Crippen LogP contribution in [0.5, 0.6) is 0 Å². The van der Waals surface area contributed by atoms with Crippen LogP contribution >= 0.6 is 0 Å². The van der Waals surface area contributed by atoms with Crippen molar-refractivity contribution >= 4 is 0 Å². The van der Waals surface area contributed by atoms with Gasteiger partial charge in [-0.2, -0.15) is 0 Å². The number of hydrogen-bond donors (Lipinski definition) is 1. The van der Waals surface area contributed by atoms with Crippen LogP contribution in [0.1, 0.15) is 39.5 Å². The van der Waals surface area contributed by atoms with Gasteiger partial charge in [-0.05, 0) is 51.9 Å². The van der Waals surface area contributed by atoms with Gasteiger partial charge >= 0.3 is 0 Å². The minimum atomic E-state index is 0.710. The largest absolute Gasteiger partial charge is 0.381 e. The average Bonchev–Trinajstić information content (AvgIpc) is 2.35. The second-order valence-electron chi connectivity index (χ2n) is 4.57. The fourth-order valence-electron chi connectivity index (χ4n) is 2.21. The quantitative estimate of drug-likeness (QED) is 0.642. The van der Waals surface area contributed by atoms with Crippen molar-refractivity contribution in [2.75, 3.05) is 39.4 Å². The fraction of sp³-hybridized carbons (Fsp3) is 1.00. The molecule has 0 saturated carbocycles. The molecule has 96 valence electrons. The van der Waals surface area contributed by atoms with Crippen molar-refractivity contribution in [3.63, 3.8) is 0 Å². The SMILES string of the molecule is CCN(CC)CCCCNC1CCOCC1. The van der Waals surface area contributed by atoms with E-state index in [9.17, 15) is 0 Å². The normalized spacial score (nSPS) is 18.2. The maximum absolute atomic E-state index is 5.34. The maximum Gasteiger partial charge on any atom is 0.0480 e. The molecule has 1 N–H and O–H groups in total. The molecule has 0 aliphatic carbocycles. The minimum absolute atomic E-state index is 0.710. The topological polar surface area (TPSA) is 24.5 Å². The summed E-state index contributed by atoms with van der Waals surface area (Å²) in [4.78, 5) is 2.49. The number of ether oxygens (including phenoxy) is 1. The van der Waals surface area contributed by atoms with Crippen LogP contribution in [-0.4, -0.2) is 50.3 Å². The van der Waals surface area contributed by atoms with Crippen LogP contribution in [0.4, 0.5) is 0 Å². The predicted molar refractivity (Wildman–Crippen MR) is 68.9 cm³/mol. The van der Waals surface area contributed by atoms with Gasteiger partial charge in [0.15, 0.2) is 0 Å². The van der Waals surface area contributed by atoms with Crippen LogP contribution in [0.2, 0.25) is 0 Å². The molecule has 1 heterocycles. The number of hydrogen-bond acceptors (Lipinski definition) is 3. The fourth-order valence-corrected chi connectivity index (χ4v) is 2.21. The highest BCUT2D eigenvalue weighted by Crippen LogP contribution is 2.06. The van der Waals surface area contributed by atoms with Crippen LogP contribution in [-0.2, 0) is 4.74 Å². The van der Waals surface area contributed by atoms with Gasteiger partial charge in [0.25, 0.3) is 0 Å². The Labute approximate surface area is 101 Å². The molecule has 1 rings (SSSR count). The average molecular weight is 228 g/mol. The standard InChI is InChI=1S/C13H28N2O/c1-3-15(4-2)10-6-5-9-14-13-7-11-16-12-8-13/h13-14H,3-12H2,1-2H3. The zero-order valence-electron chi connectivity index (χ0n) is 11.0. The Morgan fingerprint density at radius 3 is 2.44 bits per heavy atom. The van der Waals surface area contributed by atoms with Crippen LogP contribution < -0.4 is 5.32 Å². The highest BCUT2D eigenvalue weighted by molar-refractivity contribution is 4.69. The Morgan fingerprint density at radius 2 is 1.81 bits per heavy atom. The first-order chi connectivity index (χ1) is 7.86. The Bertz CT molecular complexity index is 154. The van der Waals surface area contributed by atoms with Gasteiger partial charge in [0, 0.05) is 19.3 Å². The first kappa shape index (κ1) is 13.9. The van der Waals surface area contributed by atoms with E-state index < -0.39 is 0 Å². The molecule has 0 unspecified atom stereocenters. The zero-order chi connectivity index (χ0) is 11.6. The summed E-state index contributed by atoms with van der Waals surface area (Å²) in [5.74, 6) is 0. The summed E-state index contributed by atoms with van der Waals surface area (Å²) in [6.45, 7) is 11.2. The van der Waals surface area contributed by atoms with Gasteiger partial charge in [0.05, 0.1) is 0 Å². The van der Waals surface area contributed by atoms with Crippen LogP contribution in [0.25, 0.3) is 0 Å². The molecular weight excluding hydrogens is 200 g/mol. The maximum atomic E-state index is 5.34. The molecule has 16 heavy (non-hydrogen) atoms. The van der Waals surface area contributed by atoms with Crippen molar-refractivity contribution in [2.24, 2.45) is 0 Å². The third-order valence-electron chi connectivity index (χ3n) is 3.45. The lowest BCUT2D eigenvalue weighted by Gasteiger charge is -2.23. The van der Waals surface area contributed by atoms with E-state index in [-0.39, 0.29) is 0 Å². The summed E-state index contributed by atoms with van der Waals surface area (Å²) in [5, 5.41) is 3.63. The molecule has 0 aromatic rings. The molecule has 3 heteroatoms. The molecule has 0 amide bonds. The molecule has 0 spiro atoms. The van der Waals surface area contributed by atoms with Gasteiger partial charge in [0.1, 0.15) is 0 Å². The molecule has 1 aliphatic heterocycles. The number of rotatable bonds is 8. The van der Waals surface area contributed by atoms with Gasteiger partial charge < -0.3 is 15.0 Å². The van der Waals surface area contributed by atoms with Crippen LogP contribution in [0.15, 0.2) is 0 Å². The lowest BCUT2D eigenvalue weighted by Crippen LogP contribution is -2.35. The van der Waals surface area contributed by atoms with Gasteiger partial charge in [0.2, 0.25) is 0 Å². The summed E-state index contributed by atoms with van der Waals surface area (Å²) in [5.41, 5.74) is 0. The third kappa shape index (κ3) is 5.83. The molecule has 3 nitrogen and oxygen atoms in total. The van der Waals surface area contributed by atoms with E-state index in [4.69, 9.17) is 4.74 Å². The summed E-state index contributed by atoms with van der Waals surface area (Å²) < 4.78 is 5.34. The van der Waals surface area contributed by atoms with Crippen molar-refractivity contribution in [3.05, 3.63) is 0 Å². The van der Waals surface area contributed by atoms with E-state index in [1.54, 1.807) is 0 Å². The molecule has 0 atom stereocenters. The summed E-state index contributed by atoms with van der Waals surface area (Å²) in [6, 6.07) is 0.710. The molecule has 0 aromatic heterocycles. The van der Waals surface area contributed by atoms with E-state index in [1.165, 1.54) is 51.9 Å². The van der Waals surface area contributed by atoms with Crippen molar-refractivity contribution < 1.29 is 4.74 Å². The monoisotopic (exact) mass is 228 g/mol. The molecule has 0 radical (unpaired) electrons. The van der Waals surface area contributed by atoms with E-state index in [0.29, 0.717) is 6.04 Å². The number of nitrogens with one attached hydrogen (secondary N) is 1. The Kier molecular flexibility index (Phi) is 7.81. The van der Waals surface area contributed by atoms with E-state index in [2.05, 4.69) is 24.1 Å². The van der Waals surface area contributed by atoms with Crippen molar-refractivity contribution in [2.45, 2.75) is 45.6 Å². The van der Waals surface area contributed by atoms with Crippen molar-refractivity contribution in [1.82, 2.24) is 10.2 Å². The summed E-state index contributed by atoms with van der Waals surface area (Å²) >= 11 is 0. The highest BCUT2D eigenvalue weighted by atomic mass is 16.5. The van der Waals surface area contributed by atoms with Crippen LogP contribution in [0.3, 0.4) is 0 Å². The highest BCUT2D eigenvalue weighted by Gasteiger charge is 2.11. The van der Waals surface area contributed by atoms with Crippen molar-refractivity contribution in [1.29, 1.82) is 0 Å². The van der Waals surface area contributed by atoms with Crippen LogP contribution in [0, 0.1) is 0 Å². The second kappa shape index (κ2) is 8.97. The molecule has 1 fully saturated rings. The molecule has 0 bridgehead atoms. The lowest BCUT2D eigenvalue weighted by atomic mass is 10.1. The minimum Gasteiger partial charge on any atom is -0.381 e. The molecule has 0 aromatic carbocycles. The second-order valence-corrected chi connectivity index (χ2v) is 4.57.